The van der Waals surface area contributed by atoms with Gasteiger partial charge in [0.05, 0.1) is 29.6 Å². The third-order valence-electron chi connectivity index (χ3n) is 11.1. The van der Waals surface area contributed by atoms with E-state index in [1.54, 1.807) is 6.20 Å². The predicted octanol–water partition coefficient (Wildman–Crippen LogP) is 4.70. The van der Waals surface area contributed by atoms with E-state index in [2.05, 4.69) is 24.0 Å². The van der Waals surface area contributed by atoms with Crippen LogP contribution in [0.3, 0.4) is 0 Å². The molecule has 5 fully saturated rings. The van der Waals surface area contributed by atoms with Crippen LogP contribution in [0.25, 0.3) is 0 Å². The summed E-state index contributed by atoms with van der Waals surface area (Å²) in [4.78, 5) is 12.3. The quantitative estimate of drug-likeness (QED) is 0.682. The monoisotopic (exact) mass is 447 g/mol. The third-order valence-corrected chi connectivity index (χ3v) is 11.1. The highest BCUT2D eigenvalue weighted by Crippen LogP contribution is 2.75. The van der Waals surface area contributed by atoms with Gasteiger partial charge in [0, 0.05) is 11.5 Å². The first-order valence-corrected chi connectivity index (χ1v) is 13.2. The molecular weight excluding hydrogens is 410 g/mol. The number of carbonyl (C=O) groups excluding carboxylic acids is 1. The fourth-order valence-electron chi connectivity index (χ4n) is 9.77. The molecule has 1 aromatic heterocycles. The highest BCUT2D eigenvalue weighted by Gasteiger charge is 2.70. The summed E-state index contributed by atoms with van der Waals surface area (Å²) in [6, 6.07) is 2.20. The van der Waals surface area contributed by atoms with Gasteiger partial charge >= 0.3 is 0 Å². The van der Waals surface area contributed by atoms with Crippen molar-refractivity contribution >= 4 is 5.94 Å². The lowest BCUT2D eigenvalue weighted by Gasteiger charge is -2.58. The summed E-state index contributed by atoms with van der Waals surface area (Å²) in [6.07, 6.45) is 11.1. The van der Waals surface area contributed by atoms with Crippen LogP contribution in [-0.4, -0.2) is 26.4 Å². The number of hydrogen-bond acceptors (Lipinski definition) is 4. The van der Waals surface area contributed by atoms with E-state index in [1.807, 2.05) is 18.5 Å². The molecule has 0 unspecified atom stereocenters. The van der Waals surface area contributed by atoms with Crippen molar-refractivity contribution in [3.05, 3.63) is 23.0 Å². The Hall–Kier alpha value is -1.89. The minimum atomic E-state index is -0.461. The maximum Gasteiger partial charge on any atom is 0.125 e. The van der Waals surface area contributed by atoms with E-state index in [4.69, 9.17) is 0 Å². The summed E-state index contributed by atoms with van der Waals surface area (Å²) in [5.74, 6) is 7.92. The molecule has 5 aliphatic carbocycles. The topological polar surface area (TPSA) is 78.9 Å². The normalized spacial score (nSPS) is 47.4. The van der Waals surface area contributed by atoms with Gasteiger partial charge in [-0.3, -0.25) is 4.68 Å². The van der Waals surface area contributed by atoms with E-state index >= 15 is 0 Å². The molecule has 5 saturated carbocycles. The van der Waals surface area contributed by atoms with E-state index in [1.165, 1.54) is 38.5 Å². The van der Waals surface area contributed by atoms with Crippen LogP contribution in [0.15, 0.2) is 11.8 Å². The van der Waals surface area contributed by atoms with Crippen LogP contribution in [0, 0.1) is 71.0 Å². The van der Waals surface area contributed by atoms with Gasteiger partial charge in [-0.05, 0) is 112 Å². The van der Waals surface area contributed by atoms with Crippen LogP contribution in [0.2, 0.25) is 0 Å². The van der Waals surface area contributed by atoms with Crippen molar-refractivity contribution in [1.82, 2.24) is 9.78 Å². The summed E-state index contributed by atoms with van der Waals surface area (Å²) in [5.41, 5.74) is 2.03. The first-order valence-electron chi connectivity index (χ1n) is 13.2. The van der Waals surface area contributed by atoms with Gasteiger partial charge in [-0.25, -0.2) is 4.79 Å². The maximum absolute atomic E-state index is 12.3. The van der Waals surface area contributed by atoms with Crippen molar-refractivity contribution < 1.29 is 9.90 Å². The van der Waals surface area contributed by atoms with Crippen LogP contribution in [-0.2, 0) is 11.3 Å². The first-order chi connectivity index (χ1) is 15.8. The lowest BCUT2D eigenvalue weighted by molar-refractivity contribution is -0.104. The summed E-state index contributed by atoms with van der Waals surface area (Å²) in [6.45, 7) is 6.91. The maximum atomic E-state index is 12.3. The second kappa shape index (κ2) is 7.30. The zero-order valence-corrected chi connectivity index (χ0v) is 20.3. The van der Waals surface area contributed by atoms with Gasteiger partial charge in [-0.2, -0.15) is 10.4 Å². The molecule has 0 aliphatic heterocycles. The van der Waals surface area contributed by atoms with Gasteiger partial charge in [0.25, 0.3) is 0 Å². The van der Waals surface area contributed by atoms with Gasteiger partial charge in [0.2, 0.25) is 0 Å². The predicted molar refractivity (Wildman–Crippen MR) is 124 cm³/mol. The van der Waals surface area contributed by atoms with Gasteiger partial charge in [0.15, 0.2) is 0 Å². The molecule has 0 amide bonds. The zero-order chi connectivity index (χ0) is 23.1. The minimum Gasteiger partial charge on any atom is -0.390 e. The second-order valence-electron chi connectivity index (χ2n) is 12.7. The van der Waals surface area contributed by atoms with Crippen molar-refractivity contribution in [2.75, 3.05) is 0 Å². The Morgan fingerprint density at radius 3 is 2.67 bits per heavy atom. The fourth-order valence-corrected chi connectivity index (χ4v) is 9.77. The molecule has 10 atom stereocenters. The number of aromatic nitrogens is 2. The summed E-state index contributed by atoms with van der Waals surface area (Å²) >= 11 is 0. The Morgan fingerprint density at radius 2 is 1.94 bits per heavy atom. The molecule has 1 N–H and O–H groups in total. The molecule has 1 aromatic rings. The number of rotatable bonds is 3. The largest absolute Gasteiger partial charge is 0.390 e. The smallest absolute Gasteiger partial charge is 0.125 e. The van der Waals surface area contributed by atoms with Crippen molar-refractivity contribution in [1.29, 1.82) is 5.26 Å². The van der Waals surface area contributed by atoms with E-state index in [0.29, 0.717) is 29.9 Å². The van der Waals surface area contributed by atoms with Crippen molar-refractivity contribution in [3.63, 3.8) is 0 Å². The molecule has 0 spiro atoms. The van der Waals surface area contributed by atoms with Crippen molar-refractivity contribution in [2.24, 2.45) is 52.8 Å². The van der Waals surface area contributed by atoms with E-state index in [0.717, 1.165) is 53.7 Å². The van der Waals surface area contributed by atoms with Gasteiger partial charge < -0.3 is 5.11 Å². The molecule has 5 heteroatoms. The van der Waals surface area contributed by atoms with Gasteiger partial charge in [0.1, 0.15) is 12.0 Å². The second-order valence-corrected chi connectivity index (χ2v) is 12.7. The fraction of sp³-hybridized carbons (Fsp3) is 0.786. The van der Waals surface area contributed by atoms with Crippen LogP contribution in [0.5, 0.6) is 0 Å². The first kappa shape index (κ1) is 21.6. The van der Waals surface area contributed by atoms with E-state index < -0.39 is 5.60 Å². The molecular formula is C28H37N3O2. The highest BCUT2D eigenvalue weighted by atomic mass is 16.3. The van der Waals surface area contributed by atoms with Gasteiger partial charge in [-0.1, -0.05) is 6.92 Å². The SMILES string of the molecule is Cc1c(C#N)cnn1CC(=C=O)[C@H]1[C@H]2C[C@H]2[C@H]2[C@@H]3CC[C@@H]4C[C@](C)(O)CC[C@@H]4[C@H]3CC[C@@]21C. The Kier molecular flexibility index (Phi) is 4.79. The lowest BCUT2D eigenvalue weighted by Crippen LogP contribution is -2.51. The van der Waals surface area contributed by atoms with Crippen molar-refractivity contribution in [2.45, 2.75) is 84.3 Å². The summed E-state index contributed by atoms with van der Waals surface area (Å²) in [7, 11) is 0. The van der Waals surface area contributed by atoms with Crippen LogP contribution < -0.4 is 0 Å². The summed E-state index contributed by atoms with van der Waals surface area (Å²) in [5, 5.41) is 24.4. The molecule has 176 valence electrons. The molecule has 33 heavy (non-hydrogen) atoms. The Morgan fingerprint density at radius 1 is 1.15 bits per heavy atom. The number of aliphatic hydroxyl groups is 1. The number of fused-ring (bicyclic) bond motifs is 7. The van der Waals surface area contributed by atoms with E-state index in [9.17, 15) is 15.2 Å². The molecule has 0 aromatic carbocycles. The Bertz CT molecular complexity index is 1060. The van der Waals surface area contributed by atoms with E-state index in [-0.39, 0.29) is 5.41 Å². The molecule has 5 nitrogen and oxygen atoms in total. The third kappa shape index (κ3) is 3.14. The minimum absolute atomic E-state index is 0.188. The van der Waals surface area contributed by atoms with Crippen LogP contribution in [0.1, 0.15) is 76.5 Å². The molecule has 0 bridgehead atoms. The van der Waals surface area contributed by atoms with Crippen molar-refractivity contribution in [3.8, 4) is 6.07 Å². The molecule has 6 rings (SSSR count). The molecule has 0 radical (unpaired) electrons. The number of nitriles is 1. The average molecular weight is 448 g/mol. The average Bonchev–Trinajstić information content (AvgIpc) is 3.38. The number of hydrogen-bond donors (Lipinski definition) is 1. The zero-order valence-electron chi connectivity index (χ0n) is 20.3. The summed E-state index contributed by atoms with van der Waals surface area (Å²) < 4.78 is 1.83. The molecule has 5 aliphatic rings. The standard InChI is InChI=1S/C28H37N3O2/c1-16-18(12-29)13-30-31(16)14-19(15-32)25-23-10-24(23)26-22-5-4-17-11-27(2,33)8-6-20(17)21(22)7-9-28(25,26)3/h13,17,20-26,33H,4-11,14H2,1-3H3/t17-,20+,21-,22-,23+,24-,25+,26-,27-,28-/m1/s1. The number of nitrogens with zero attached hydrogens (tertiary/aromatic N) is 3. The Labute approximate surface area is 197 Å². The highest BCUT2D eigenvalue weighted by molar-refractivity contribution is 5.55. The van der Waals surface area contributed by atoms with Crippen LogP contribution in [0.4, 0.5) is 0 Å². The molecule has 0 saturated heterocycles. The lowest BCUT2D eigenvalue weighted by atomic mass is 9.47. The Balaban J connectivity index is 1.26. The van der Waals surface area contributed by atoms with Crippen LogP contribution >= 0.6 is 0 Å². The number of allylic oxidation sites excluding steroid dienone is 1. The molecule has 1 heterocycles. The van der Waals surface area contributed by atoms with Gasteiger partial charge in [-0.15, -0.1) is 0 Å².